The molecule has 1 heterocycles. The van der Waals surface area contributed by atoms with Crippen molar-refractivity contribution in [2.75, 3.05) is 10.6 Å². The van der Waals surface area contributed by atoms with Gasteiger partial charge in [-0.3, -0.25) is 9.59 Å². The molecule has 5 nitrogen and oxygen atoms in total. The van der Waals surface area contributed by atoms with Gasteiger partial charge in [0, 0.05) is 5.69 Å². The molecule has 1 atom stereocenters. The molecule has 1 aliphatic heterocycles. The number of anilines is 2. The van der Waals surface area contributed by atoms with Crippen molar-refractivity contribution in [3.63, 3.8) is 0 Å². The molecule has 0 saturated heterocycles. The number of hydrogen-bond acceptors (Lipinski definition) is 3. The highest BCUT2D eigenvalue weighted by molar-refractivity contribution is 6.33. The molecule has 0 radical (unpaired) electrons. The number of benzene rings is 1. The van der Waals surface area contributed by atoms with E-state index in [4.69, 9.17) is 16.7 Å². The molecular formula is C11H11ClN2O3. The number of carboxylic acid groups (broad SMARTS) is 1. The van der Waals surface area contributed by atoms with E-state index in [-0.39, 0.29) is 5.91 Å². The second kappa shape index (κ2) is 4.25. The smallest absolute Gasteiger partial charge is 0.325 e. The van der Waals surface area contributed by atoms with Crippen LogP contribution in [0.15, 0.2) is 12.1 Å². The van der Waals surface area contributed by atoms with Crippen LogP contribution in [0, 0.1) is 0 Å². The first-order valence-electron chi connectivity index (χ1n) is 5.09. The maximum absolute atomic E-state index is 11.2. The van der Waals surface area contributed by atoms with E-state index in [0.717, 1.165) is 5.56 Å². The Morgan fingerprint density at radius 2 is 2.29 bits per heavy atom. The van der Waals surface area contributed by atoms with Crippen LogP contribution in [0.3, 0.4) is 0 Å². The Labute approximate surface area is 103 Å². The zero-order valence-electron chi connectivity index (χ0n) is 9.08. The maximum atomic E-state index is 11.2. The number of nitrogens with one attached hydrogen (secondary N) is 2. The van der Waals surface area contributed by atoms with Crippen LogP contribution in [0.4, 0.5) is 11.4 Å². The number of amides is 1. The highest BCUT2D eigenvalue weighted by atomic mass is 35.5. The third-order valence-electron chi connectivity index (χ3n) is 2.56. The van der Waals surface area contributed by atoms with Crippen molar-refractivity contribution in [3.05, 3.63) is 22.7 Å². The molecule has 1 aromatic carbocycles. The lowest BCUT2D eigenvalue weighted by Crippen LogP contribution is -2.25. The Morgan fingerprint density at radius 3 is 2.94 bits per heavy atom. The Kier molecular flexibility index (Phi) is 2.93. The fraction of sp³-hybridized carbons (Fsp3) is 0.273. The van der Waals surface area contributed by atoms with Crippen LogP contribution in [-0.2, 0) is 16.0 Å². The Balaban J connectivity index is 2.28. The van der Waals surface area contributed by atoms with Crippen molar-refractivity contribution in [1.29, 1.82) is 0 Å². The number of carbonyl (C=O) groups excluding carboxylic acids is 1. The number of rotatable bonds is 3. The van der Waals surface area contributed by atoms with Crippen molar-refractivity contribution in [1.82, 2.24) is 0 Å². The number of carboxylic acids is 1. The molecule has 17 heavy (non-hydrogen) atoms. The molecule has 90 valence electrons. The molecule has 6 heteroatoms. The van der Waals surface area contributed by atoms with Gasteiger partial charge in [0.25, 0.3) is 0 Å². The molecule has 1 aliphatic rings. The lowest BCUT2D eigenvalue weighted by atomic mass is 10.1. The summed E-state index contributed by atoms with van der Waals surface area (Å²) in [5, 5.41) is 14.6. The fourth-order valence-electron chi connectivity index (χ4n) is 1.65. The summed E-state index contributed by atoms with van der Waals surface area (Å²) >= 11 is 6.00. The van der Waals surface area contributed by atoms with E-state index in [9.17, 15) is 9.59 Å². The molecule has 1 aromatic rings. The summed E-state index contributed by atoms with van der Waals surface area (Å²) in [5.41, 5.74) is 2.03. The predicted octanol–water partition coefficient (Wildman–Crippen LogP) is 1.72. The lowest BCUT2D eigenvalue weighted by Gasteiger charge is -2.13. The molecule has 0 aromatic heterocycles. The number of hydrogen-bond donors (Lipinski definition) is 3. The minimum Gasteiger partial charge on any atom is -0.480 e. The van der Waals surface area contributed by atoms with Gasteiger partial charge in [0.1, 0.15) is 6.04 Å². The summed E-state index contributed by atoms with van der Waals surface area (Å²) in [6.07, 6.45) is 0.294. The summed E-state index contributed by atoms with van der Waals surface area (Å²) in [6, 6.07) is 2.59. The molecule has 0 aliphatic carbocycles. The third kappa shape index (κ3) is 2.34. The molecule has 1 amide bonds. The van der Waals surface area contributed by atoms with Crippen molar-refractivity contribution < 1.29 is 14.7 Å². The Morgan fingerprint density at radius 1 is 1.59 bits per heavy atom. The Bertz CT molecular complexity index is 502. The number of carbonyl (C=O) groups is 2. The summed E-state index contributed by atoms with van der Waals surface area (Å²) in [5.74, 6) is -1.05. The van der Waals surface area contributed by atoms with E-state index < -0.39 is 12.0 Å². The number of halogens is 1. The van der Waals surface area contributed by atoms with Crippen LogP contribution >= 0.6 is 11.6 Å². The summed E-state index contributed by atoms with van der Waals surface area (Å²) in [7, 11) is 0. The van der Waals surface area contributed by atoms with Gasteiger partial charge in [-0.1, -0.05) is 11.6 Å². The zero-order chi connectivity index (χ0) is 12.6. The highest BCUT2D eigenvalue weighted by Crippen LogP contribution is 2.33. The van der Waals surface area contributed by atoms with Crippen molar-refractivity contribution >= 4 is 34.9 Å². The third-order valence-corrected chi connectivity index (χ3v) is 2.87. The number of aliphatic carboxylic acids is 1. The first kappa shape index (κ1) is 11.7. The minimum atomic E-state index is -0.962. The van der Waals surface area contributed by atoms with Crippen LogP contribution in [0.5, 0.6) is 0 Å². The normalized spacial score (nSPS) is 15.1. The molecule has 0 bridgehead atoms. The zero-order valence-corrected chi connectivity index (χ0v) is 9.84. The van der Waals surface area contributed by atoms with Crippen molar-refractivity contribution in [2.24, 2.45) is 0 Å². The van der Waals surface area contributed by atoms with Crippen LogP contribution in [0.1, 0.15) is 12.5 Å². The first-order chi connectivity index (χ1) is 7.97. The topological polar surface area (TPSA) is 78.4 Å². The van der Waals surface area contributed by atoms with Gasteiger partial charge >= 0.3 is 5.97 Å². The molecule has 0 spiro atoms. The van der Waals surface area contributed by atoms with Crippen LogP contribution in [0.2, 0.25) is 5.02 Å². The maximum Gasteiger partial charge on any atom is 0.325 e. The molecule has 0 saturated carbocycles. The van der Waals surface area contributed by atoms with E-state index in [1.165, 1.54) is 6.92 Å². The van der Waals surface area contributed by atoms with E-state index in [2.05, 4.69) is 10.6 Å². The van der Waals surface area contributed by atoms with Crippen LogP contribution < -0.4 is 10.6 Å². The molecule has 1 unspecified atom stereocenters. The Hall–Kier alpha value is -1.75. The molecular weight excluding hydrogens is 244 g/mol. The first-order valence-corrected chi connectivity index (χ1v) is 5.47. The van der Waals surface area contributed by atoms with E-state index in [0.29, 0.717) is 22.8 Å². The summed E-state index contributed by atoms with van der Waals surface area (Å²) < 4.78 is 0. The van der Waals surface area contributed by atoms with Gasteiger partial charge < -0.3 is 15.7 Å². The van der Waals surface area contributed by atoms with E-state index in [1.807, 2.05) is 0 Å². The van der Waals surface area contributed by atoms with Gasteiger partial charge in [0.15, 0.2) is 0 Å². The van der Waals surface area contributed by atoms with Gasteiger partial charge in [-0.2, -0.15) is 0 Å². The predicted molar refractivity (Wildman–Crippen MR) is 64.5 cm³/mol. The largest absolute Gasteiger partial charge is 0.480 e. The quantitative estimate of drug-likeness (QED) is 0.767. The number of fused-ring (bicyclic) bond motifs is 1. The van der Waals surface area contributed by atoms with Gasteiger partial charge in [0.05, 0.1) is 17.1 Å². The SMILES string of the molecule is CC(Nc1cc2c(cc1Cl)NC(=O)C2)C(=O)O. The van der Waals surface area contributed by atoms with Crippen LogP contribution in [-0.4, -0.2) is 23.0 Å². The van der Waals surface area contributed by atoms with Gasteiger partial charge in [0.2, 0.25) is 5.91 Å². The summed E-state index contributed by atoms with van der Waals surface area (Å²) in [6.45, 7) is 1.52. The van der Waals surface area contributed by atoms with Gasteiger partial charge in [-0.25, -0.2) is 0 Å². The highest BCUT2D eigenvalue weighted by Gasteiger charge is 2.20. The van der Waals surface area contributed by atoms with Gasteiger partial charge in [-0.15, -0.1) is 0 Å². The van der Waals surface area contributed by atoms with E-state index >= 15 is 0 Å². The minimum absolute atomic E-state index is 0.0838. The average Bonchev–Trinajstić information content (AvgIpc) is 2.57. The molecule has 3 N–H and O–H groups in total. The standard InChI is InChI=1S/C11H11ClN2O3/c1-5(11(16)17)13-9-2-6-3-10(15)14-8(6)4-7(9)12/h2,4-5,13H,3H2,1H3,(H,14,15)(H,16,17). The average molecular weight is 255 g/mol. The van der Waals surface area contributed by atoms with Crippen LogP contribution in [0.25, 0.3) is 0 Å². The fourth-order valence-corrected chi connectivity index (χ4v) is 1.87. The molecule has 2 rings (SSSR count). The monoisotopic (exact) mass is 254 g/mol. The van der Waals surface area contributed by atoms with Crippen molar-refractivity contribution in [3.8, 4) is 0 Å². The van der Waals surface area contributed by atoms with Crippen molar-refractivity contribution in [2.45, 2.75) is 19.4 Å². The van der Waals surface area contributed by atoms with E-state index in [1.54, 1.807) is 12.1 Å². The lowest BCUT2D eigenvalue weighted by molar-refractivity contribution is -0.137. The van der Waals surface area contributed by atoms with Gasteiger partial charge in [-0.05, 0) is 24.6 Å². The summed E-state index contributed by atoms with van der Waals surface area (Å²) in [4.78, 5) is 21.9. The second-order valence-electron chi connectivity index (χ2n) is 3.92. The second-order valence-corrected chi connectivity index (χ2v) is 4.33. The molecule has 0 fully saturated rings.